The van der Waals surface area contributed by atoms with Gasteiger partial charge in [-0.25, -0.2) is 4.68 Å². The summed E-state index contributed by atoms with van der Waals surface area (Å²) in [6.45, 7) is 3.89. The number of hydrogen-bond acceptors (Lipinski definition) is 3. The molecule has 0 aliphatic carbocycles. The summed E-state index contributed by atoms with van der Waals surface area (Å²) < 4.78 is 80.5. The third-order valence-electron chi connectivity index (χ3n) is 6.17. The molecule has 1 unspecified atom stereocenters. The lowest BCUT2D eigenvalue weighted by Gasteiger charge is -2.14. The Balaban J connectivity index is 1.62. The Morgan fingerprint density at radius 1 is 0.825 bits per heavy atom. The van der Waals surface area contributed by atoms with Crippen LogP contribution in [0.5, 0.6) is 0 Å². The van der Waals surface area contributed by atoms with Crippen LogP contribution in [0.1, 0.15) is 31.5 Å². The number of hydrogen-bond donors (Lipinski definition) is 2. The van der Waals surface area contributed by atoms with Gasteiger partial charge in [-0.05, 0) is 65.9 Å². The van der Waals surface area contributed by atoms with E-state index in [2.05, 4.69) is 10.4 Å². The number of carbonyl (C=O) groups excluding carboxylic acids is 1. The Morgan fingerprint density at radius 2 is 1.35 bits per heavy atom. The van der Waals surface area contributed by atoms with Gasteiger partial charge in [-0.3, -0.25) is 4.79 Å². The Morgan fingerprint density at radius 3 is 1.85 bits per heavy atom. The minimum Gasteiger partial charge on any atom is -0.325 e. The summed E-state index contributed by atoms with van der Waals surface area (Å²) in [6.07, 6.45) is -8.65. The summed E-state index contributed by atoms with van der Waals surface area (Å²) >= 11 is 0. The minimum atomic E-state index is -4.69. The zero-order chi connectivity index (χ0) is 29.2. The number of nitrogens with zero attached hydrogens (tertiary/aromatic N) is 2. The second-order valence-corrected chi connectivity index (χ2v) is 9.75. The van der Waals surface area contributed by atoms with Crippen molar-refractivity contribution in [3.63, 3.8) is 0 Å². The van der Waals surface area contributed by atoms with Gasteiger partial charge in [0.25, 0.3) is 0 Å². The Labute approximate surface area is 226 Å². The van der Waals surface area contributed by atoms with Crippen LogP contribution in [0.25, 0.3) is 28.1 Å². The van der Waals surface area contributed by atoms with Crippen LogP contribution in [0, 0.1) is 5.92 Å². The van der Waals surface area contributed by atoms with E-state index in [0.717, 1.165) is 22.9 Å². The highest BCUT2D eigenvalue weighted by molar-refractivity contribution is 5.94. The van der Waals surface area contributed by atoms with E-state index >= 15 is 0 Å². The van der Waals surface area contributed by atoms with Gasteiger partial charge in [0.1, 0.15) is 0 Å². The van der Waals surface area contributed by atoms with Crippen molar-refractivity contribution in [2.45, 2.75) is 38.7 Å². The molecule has 210 valence electrons. The molecule has 1 aromatic heterocycles. The molecule has 4 aromatic rings. The quantitative estimate of drug-likeness (QED) is 0.229. The number of nitrogens with one attached hydrogen (secondary N) is 1. The maximum Gasteiger partial charge on any atom is 0.435 e. The van der Waals surface area contributed by atoms with Crippen molar-refractivity contribution in [1.29, 1.82) is 0 Å². The maximum absolute atomic E-state index is 13.6. The number of halogens is 6. The molecule has 1 heterocycles. The van der Waals surface area contributed by atoms with Gasteiger partial charge in [0.15, 0.2) is 5.69 Å². The molecule has 3 aromatic carbocycles. The number of amides is 1. The van der Waals surface area contributed by atoms with E-state index in [4.69, 9.17) is 5.73 Å². The number of nitrogens with two attached hydrogens (primary N) is 1. The maximum atomic E-state index is 13.6. The number of aromatic nitrogens is 2. The van der Waals surface area contributed by atoms with Crippen molar-refractivity contribution in [1.82, 2.24) is 9.78 Å². The topological polar surface area (TPSA) is 72.9 Å². The van der Waals surface area contributed by atoms with E-state index in [9.17, 15) is 31.1 Å². The lowest BCUT2D eigenvalue weighted by Crippen LogP contribution is -2.36. The first-order valence-electron chi connectivity index (χ1n) is 12.3. The molecule has 0 aliphatic rings. The average molecular weight is 561 g/mol. The van der Waals surface area contributed by atoms with Crippen LogP contribution in [-0.2, 0) is 17.1 Å². The van der Waals surface area contributed by atoms with Crippen LogP contribution in [0.15, 0.2) is 78.9 Å². The van der Waals surface area contributed by atoms with Crippen LogP contribution in [-0.4, -0.2) is 21.7 Å². The Bertz CT molecular complexity index is 1460. The zero-order valence-electron chi connectivity index (χ0n) is 21.5. The molecular weight excluding hydrogens is 534 g/mol. The van der Waals surface area contributed by atoms with Crippen molar-refractivity contribution in [2.75, 3.05) is 5.32 Å². The van der Waals surface area contributed by atoms with Crippen molar-refractivity contribution < 1.29 is 31.1 Å². The number of anilines is 1. The summed E-state index contributed by atoms with van der Waals surface area (Å²) in [7, 11) is 0. The first-order valence-corrected chi connectivity index (χ1v) is 12.3. The van der Waals surface area contributed by atoms with E-state index in [-0.39, 0.29) is 17.5 Å². The van der Waals surface area contributed by atoms with E-state index < -0.39 is 29.7 Å². The van der Waals surface area contributed by atoms with E-state index in [1.54, 1.807) is 36.4 Å². The smallest absolute Gasteiger partial charge is 0.325 e. The molecule has 0 bridgehead atoms. The lowest BCUT2D eigenvalue weighted by molar-refractivity contribution is -0.141. The van der Waals surface area contributed by atoms with Crippen LogP contribution in [0.4, 0.5) is 32.0 Å². The molecule has 3 N–H and O–H groups in total. The third kappa shape index (κ3) is 6.71. The van der Waals surface area contributed by atoms with Crippen LogP contribution >= 0.6 is 0 Å². The molecule has 0 saturated heterocycles. The zero-order valence-corrected chi connectivity index (χ0v) is 21.5. The van der Waals surface area contributed by atoms with Gasteiger partial charge in [0.05, 0.1) is 23.0 Å². The highest BCUT2D eigenvalue weighted by Gasteiger charge is 2.35. The van der Waals surface area contributed by atoms with Crippen LogP contribution in [0.2, 0.25) is 0 Å². The van der Waals surface area contributed by atoms with Gasteiger partial charge in [0, 0.05) is 11.3 Å². The largest absolute Gasteiger partial charge is 0.435 e. The van der Waals surface area contributed by atoms with Crippen molar-refractivity contribution >= 4 is 11.6 Å². The number of rotatable bonds is 7. The second-order valence-electron chi connectivity index (χ2n) is 9.75. The average Bonchev–Trinajstić information content (AvgIpc) is 3.35. The van der Waals surface area contributed by atoms with E-state index in [1.807, 2.05) is 13.8 Å². The molecule has 0 spiro atoms. The first-order chi connectivity index (χ1) is 18.7. The molecule has 11 heteroatoms. The summed E-state index contributed by atoms with van der Waals surface area (Å²) in [5.74, 6) is -0.137. The first kappa shape index (κ1) is 28.9. The standard InChI is InChI=1S/C29H26F6N4O/c1-17(2)15-24(36)27(40)37-22-11-13-23(14-12-22)39-25(16-26(38-39)29(33,34)35)20-5-3-18(4-6-20)19-7-9-21(10-8-19)28(30,31)32/h3-14,16-17,24H,15,36H2,1-2H3,(H,37,40). The number of alkyl halides is 6. The Hall–Kier alpha value is -4.12. The summed E-state index contributed by atoms with van der Waals surface area (Å²) in [5.41, 5.74) is 6.47. The molecule has 5 nitrogen and oxygen atoms in total. The number of carbonyl (C=O) groups is 1. The monoisotopic (exact) mass is 560 g/mol. The summed E-state index contributed by atoms with van der Waals surface area (Å²) in [6, 6.07) is 17.3. The molecule has 40 heavy (non-hydrogen) atoms. The molecular formula is C29H26F6N4O. The minimum absolute atomic E-state index is 0.155. The predicted octanol–water partition coefficient (Wildman–Crippen LogP) is 7.56. The molecule has 4 rings (SSSR count). The number of benzene rings is 3. The highest BCUT2D eigenvalue weighted by atomic mass is 19.4. The fourth-order valence-corrected chi connectivity index (χ4v) is 4.14. The molecule has 0 radical (unpaired) electrons. The molecule has 1 amide bonds. The van der Waals surface area contributed by atoms with Crippen molar-refractivity contribution in [3.05, 3.63) is 90.1 Å². The molecule has 0 aliphatic heterocycles. The second kappa shape index (κ2) is 11.2. The highest BCUT2D eigenvalue weighted by Crippen LogP contribution is 2.35. The Kier molecular flexibility index (Phi) is 8.06. The van der Waals surface area contributed by atoms with Crippen molar-refractivity contribution in [3.8, 4) is 28.1 Å². The van der Waals surface area contributed by atoms with Crippen LogP contribution in [0.3, 0.4) is 0 Å². The van der Waals surface area contributed by atoms with Crippen molar-refractivity contribution in [2.24, 2.45) is 11.7 Å². The lowest BCUT2D eigenvalue weighted by atomic mass is 10.0. The summed E-state index contributed by atoms with van der Waals surface area (Å²) in [5, 5.41) is 6.47. The molecule has 0 fully saturated rings. The molecule has 1 atom stereocenters. The van der Waals surface area contributed by atoms with E-state index in [1.165, 1.54) is 24.3 Å². The molecule has 0 saturated carbocycles. The van der Waals surface area contributed by atoms with Gasteiger partial charge in [-0.15, -0.1) is 0 Å². The van der Waals surface area contributed by atoms with E-state index in [0.29, 0.717) is 34.5 Å². The van der Waals surface area contributed by atoms with Gasteiger partial charge >= 0.3 is 12.4 Å². The fourth-order valence-electron chi connectivity index (χ4n) is 4.14. The fraction of sp³-hybridized carbons (Fsp3) is 0.241. The normalized spacial score (nSPS) is 12.9. The van der Waals surface area contributed by atoms with Gasteiger partial charge in [0.2, 0.25) is 5.91 Å². The summed E-state index contributed by atoms with van der Waals surface area (Å²) in [4.78, 5) is 12.3. The van der Waals surface area contributed by atoms with Gasteiger partial charge < -0.3 is 11.1 Å². The third-order valence-corrected chi connectivity index (χ3v) is 6.17. The van der Waals surface area contributed by atoms with Crippen LogP contribution < -0.4 is 11.1 Å². The SMILES string of the molecule is CC(C)CC(N)C(=O)Nc1ccc(-n2nc(C(F)(F)F)cc2-c2ccc(-c3ccc(C(F)(F)F)cc3)cc2)cc1. The van der Waals surface area contributed by atoms with Gasteiger partial charge in [-0.1, -0.05) is 50.2 Å². The predicted molar refractivity (Wildman–Crippen MR) is 141 cm³/mol. The van der Waals surface area contributed by atoms with Gasteiger partial charge in [-0.2, -0.15) is 31.4 Å².